The van der Waals surface area contributed by atoms with Gasteiger partial charge in [-0.2, -0.15) is 5.10 Å². The fourth-order valence-electron chi connectivity index (χ4n) is 2.31. The molecule has 1 atom stereocenters. The standard InChI is InChI=1S/C12H17N5O2/c1-17-11-9(5-16-17)10(14-8-15-11)13-6-12(18-2)3-4-19-7-12/h5,8H,3-4,6-7H2,1-2H3,(H,13,14,15). The van der Waals surface area contributed by atoms with Crippen LogP contribution in [-0.2, 0) is 16.5 Å². The van der Waals surface area contributed by atoms with Crippen LogP contribution in [0.2, 0.25) is 0 Å². The maximum Gasteiger partial charge on any atom is 0.163 e. The monoisotopic (exact) mass is 263 g/mol. The van der Waals surface area contributed by atoms with Crippen LogP contribution in [0.1, 0.15) is 6.42 Å². The summed E-state index contributed by atoms with van der Waals surface area (Å²) in [5, 5.41) is 8.43. The minimum Gasteiger partial charge on any atom is -0.378 e. The van der Waals surface area contributed by atoms with E-state index in [1.165, 1.54) is 6.33 Å². The van der Waals surface area contributed by atoms with E-state index >= 15 is 0 Å². The predicted octanol–water partition coefficient (Wildman–Crippen LogP) is 0.581. The van der Waals surface area contributed by atoms with Crippen molar-refractivity contribution in [3.05, 3.63) is 12.5 Å². The highest BCUT2D eigenvalue weighted by molar-refractivity contribution is 5.85. The highest BCUT2D eigenvalue weighted by Gasteiger charge is 2.34. The third-order valence-electron chi connectivity index (χ3n) is 3.61. The molecule has 7 heteroatoms. The summed E-state index contributed by atoms with van der Waals surface area (Å²) in [6.07, 6.45) is 4.19. The Balaban J connectivity index is 1.82. The van der Waals surface area contributed by atoms with Crippen LogP contribution < -0.4 is 5.32 Å². The Bertz CT molecular complexity index is 577. The van der Waals surface area contributed by atoms with Crippen molar-refractivity contribution in [1.82, 2.24) is 19.7 Å². The Morgan fingerprint density at radius 2 is 2.42 bits per heavy atom. The van der Waals surface area contributed by atoms with Crippen molar-refractivity contribution < 1.29 is 9.47 Å². The lowest BCUT2D eigenvalue weighted by Gasteiger charge is -2.26. The normalized spacial score (nSPS) is 23.1. The largest absolute Gasteiger partial charge is 0.378 e. The summed E-state index contributed by atoms with van der Waals surface area (Å²) >= 11 is 0. The van der Waals surface area contributed by atoms with Crippen molar-refractivity contribution >= 4 is 16.9 Å². The maximum atomic E-state index is 5.59. The molecule has 7 nitrogen and oxygen atoms in total. The number of nitrogens with zero attached hydrogens (tertiary/aromatic N) is 4. The van der Waals surface area contributed by atoms with Crippen LogP contribution in [-0.4, -0.2) is 52.2 Å². The van der Waals surface area contributed by atoms with E-state index < -0.39 is 0 Å². The summed E-state index contributed by atoms with van der Waals surface area (Å²) in [5.74, 6) is 0.779. The van der Waals surface area contributed by atoms with Gasteiger partial charge in [-0.25, -0.2) is 9.97 Å². The molecular weight excluding hydrogens is 246 g/mol. The van der Waals surface area contributed by atoms with Gasteiger partial charge in [-0.1, -0.05) is 0 Å². The second kappa shape index (κ2) is 4.75. The van der Waals surface area contributed by atoms with Crippen LogP contribution in [0.3, 0.4) is 0 Å². The zero-order valence-electron chi connectivity index (χ0n) is 11.1. The number of fused-ring (bicyclic) bond motifs is 1. The summed E-state index contributed by atoms with van der Waals surface area (Å²) in [7, 11) is 3.58. The lowest BCUT2D eigenvalue weighted by atomic mass is 10.0. The highest BCUT2D eigenvalue weighted by atomic mass is 16.5. The number of anilines is 1. The number of hydrogen-bond acceptors (Lipinski definition) is 6. The highest BCUT2D eigenvalue weighted by Crippen LogP contribution is 2.24. The Kier molecular flexibility index (Phi) is 3.08. The summed E-state index contributed by atoms with van der Waals surface area (Å²) in [5.41, 5.74) is 0.547. The minimum absolute atomic E-state index is 0.264. The van der Waals surface area contributed by atoms with Crippen LogP contribution in [0.15, 0.2) is 12.5 Å². The van der Waals surface area contributed by atoms with Gasteiger partial charge in [-0.05, 0) is 0 Å². The van der Waals surface area contributed by atoms with Gasteiger partial charge in [0.1, 0.15) is 17.7 Å². The van der Waals surface area contributed by atoms with Crippen LogP contribution in [0, 0.1) is 0 Å². The van der Waals surface area contributed by atoms with E-state index in [0.29, 0.717) is 13.2 Å². The van der Waals surface area contributed by atoms with E-state index in [4.69, 9.17) is 9.47 Å². The second-order valence-corrected chi connectivity index (χ2v) is 4.77. The summed E-state index contributed by atoms with van der Waals surface area (Å²) in [6.45, 7) is 2.00. The Morgan fingerprint density at radius 3 is 3.16 bits per heavy atom. The Labute approximate surface area is 110 Å². The summed E-state index contributed by atoms with van der Waals surface area (Å²) in [4.78, 5) is 8.49. The molecule has 102 valence electrons. The lowest BCUT2D eigenvalue weighted by Crippen LogP contribution is -2.39. The minimum atomic E-state index is -0.264. The van der Waals surface area contributed by atoms with Crippen molar-refractivity contribution in [1.29, 1.82) is 0 Å². The number of nitrogens with one attached hydrogen (secondary N) is 1. The van der Waals surface area contributed by atoms with Gasteiger partial charge in [0.15, 0.2) is 5.65 Å². The molecule has 3 heterocycles. The smallest absolute Gasteiger partial charge is 0.163 e. The number of aryl methyl sites for hydroxylation is 1. The number of ether oxygens (including phenoxy) is 2. The third kappa shape index (κ3) is 2.15. The Hall–Kier alpha value is -1.73. The van der Waals surface area contributed by atoms with Crippen LogP contribution >= 0.6 is 0 Å². The average Bonchev–Trinajstić information content (AvgIpc) is 3.05. The summed E-state index contributed by atoms with van der Waals surface area (Å²) in [6, 6.07) is 0. The molecule has 0 bridgehead atoms. The van der Waals surface area contributed by atoms with Gasteiger partial charge in [-0.15, -0.1) is 0 Å². The number of hydrogen-bond donors (Lipinski definition) is 1. The lowest BCUT2D eigenvalue weighted by molar-refractivity contribution is -0.00623. The molecule has 1 aliphatic heterocycles. The van der Waals surface area contributed by atoms with Gasteiger partial charge >= 0.3 is 0 Å². The van der Waals surface area contributed by atoms with E-state index in [0.717, 1.165) is 29.9 Å². The quantitative estimate of drug-likeness (QED) is 0.870. The van der Waals surface area contributed by atoms with E-state index in [-0.39, 0.29) is 5.60 Å². The summed E-state index contributed by atoms with van der Waals surface area (Å²) < 4.78 is 12.7. The second-order valence-electron chi connectivity index (χ2n) is 4.77. The van der Waals surface area contributed by atoms with E-state index in [1.54, 1.807) is 18.0 Å². The molecule has 2 aromatic heterocycles. The molecule has 1 unspecified atom stereocenters. The first kappa shape index (κ1) is 12.3. The molecule has 1 N–H and O–H groups in total. The molecular formula is C12H17N5O2. The maximum absolute atomic E-state index is 5.59. The molecule has 0 aromatic carbocycles. The molecule has 0 saturated carbocycles. The van der Waals surface area contributed by atoms with Crippen LogP contribution in [0.5, 0.6) is 0 Å². The molecule has 0 radical (unpaired) electrons. The van der Waals surface area contributed by atoms with Crippen molar-refractivity contribution in [3.8, 4) is 0 Å². The Morgan fingerprint density at radius 1 is 1.53 bits per heavy atom. The zero-order chi connectivity index (χ0) is 13.3. The van der Waals surface area contributed by atoms with Crippen molar-refractivity contribution in [2.75, 3.05) is 32.2 Å². The van der Waals surface area contributed by atoms with Gasteiger partial charge < -0.3 is 14.8 Å². The fourth-order valence-corrected chi connectivity index (χ4v) is 2.31. The van der Waals surface area contributed by atoms with Gasteiger partial charge in [0.25, 0.3) is 0 Å². The van der Waals surface area contributed by atoms with E-state index in [2.05, 4.69) is 20.4 Å². The average molecular weight is 263 g/mol. The molecule has 3 rings (SSSR count). The topological polar surface area (TPSA) is 74.1 Å². The van der Waals surface area contributed by atoms with Crippen molar-refractivity contribution in [2.24, 2.45) is 7.05 Å². The van der Waals surface area contributed by atoms with Crippen LogP contribution in [0.25, 0.3) is 11.0 Å². The molecule has 1 aliphatic rings. The van der Waals surface area contributed by atoms with Crippen molar-refractivity contribution in [3.63, 3.8) is 0 Å². The first-order chi connectivity index (χ1) is 9.24. The zero-order valence-corrected chi connectivity index (χ0v) is 11.1. The molecule has 0 aliphatic carbocycles. The van der Waals surface area contributed by atoms with Crippen LogP contribution in [0.4, 0.5) is 5.82 Å². The molecule has 0 spiro atoms. The van der Waals surface area contributed by atoms with Gasteiger partial charge in [0.2, 0.25) is 0 Å². The fraction of sp³-hybridized carbons (Fsp3) is 0.583. The SMILES string of the molecule is COC1(CNc2ncnc3c2cnn3C)CCOC1. The number of methoxy groups -OCH3 is 1. The first-order valence-electron chi connectivity index (χ1n) is 6.24. The third-order valence-corrected chi connectivity index (χ3v) is 3.61. The predicted molar refractivity (Wildman–Crippen MR) is 70.0 cm³/mol. The molecule has 19 heavy (non-hydrogen) atoms. The first-order valence-corrected chi connectivity index (χ1v) is 6.24. The number of rotatable bonds is 4. The molecule has 1 saturated heterocycles. The van der Waals surface area contributed by atoms with Gasteiger partial charge in [0, 0.05) is 33.7 Å². The molecule has 2 aromatic rings. The molecule has 0 amide bonds. The van der Waals surface area contributed by atoms with Gasteiger partial charge in [-0.3, -0.25) is 4.68 Å². The van der Waals surface area contributed by atoms with Crippen molar-refractivity contribution in [2.45, 2.75) is 12.0 Å². The van der Waals surface area contributed by atoms with E-state index in [1.807, 2.05) is 7.05 Å². The van der Waals surface area contributed by atoms with Gasteiger partial charge in [0.05, 0.1) is 18.2 Å². The number of aromatic nitrogens is 4. The van der Waals surface area contributed by atoms with E-state index in [9.17, 15) is 0 Å². The molecule has 1 fully saturated rings.